The lowest BCUT2D eigenvalue weighted by molar-refractivity contribution is -0.752. The Kier molecular flexibility index (Phi) is 5.10. The molecule has 1 aromatic heterocycles. The summed E-state index contributed by atoms with van der Waals surface area (Å²) < 4.78 is 29.0. The van der Waals surface area contributed by atoms with E-state index in [1.165, 1.54) is 0 Å². The number of sulfonamides is 1. The van der Waals surface area contributed by atoms with Gasteiger partial charge in [-0.3, -0.25) is 0 Å². The normalized spacial score (nSPS) is 12.9. The van der Waals surface area contributed by atoms with E-state index in [1.807, 2.05) is 53.8 Å². The molecule has 0 unspecified atom stereocenters. The number of hydrogen-bond donors (Lipinski definition) is 0. The third-order valence-electron chi connectivity index (χ3n) is 2.97. The molecule has 0 saturated heterocycles. The highest BCUT2D eigenvalue weighted by Crippen LogP contribution is 2.19. The van der Waals surface area contributed by atoms with Gasteiger partial charge in [-0.2, -0.15) is 8.87 Å². The molecule has 0 aromatic carbocycles. The highest BCUT2D eigenvalue weighted by molar-refractivity contribution is 7.89. The Balaban J connectivity index is 3.42. The summed E-state index contributed by atoms with van der Waals surface area (Å²) in [7, 11) is -3.48. The van der Waals surface area contributed by atoms with Crippen LogP contribution in [0.15, 0.2) is 29.4 Å². The van der Waals surface area contributed by atoms with Crippen LogP contribution in [0.4, 0.5) is 0 Å². The molecule has 5 heteroatoms. The molecule has 19 heavy (non-hydrogen) atoms. The zero-order chi connectivity index (χ0) is 14.8. The smallest absolute Gasteiger partial charge is 0.201 e. The van der Waals surface area contributed by atoms with Crippen molar-refractivity contribution in [3.8, 4) is 0 Å². The molecule has 0 spiro atoms. The third-order valence-corrected chi connectivity index (χ3v) is 5.24. The summed E-state index contributed by atoms with van der Waals surface area (Å²) in [5, 5.41) is 0.354. The topological polar surface area (TPSA) is 41.3 Å². The van der Waals surface area contributed by atoms with Gasteiger partial charge in [0, 0.05) is 24.2 Å². The van der Waals surface area contributed by atoms with Crippen LogP contribution >= 0.6 is 0 Å². The molecule has 0 saturated carbocycles. The van der Waals surface area contributed by atoms with Crippen LogP contribution in [0.5, 0.6) is 0 Å². The minimum atomic E-state index is -3.48. The monoisotopic (exact) mass is 285 g/mol. The van der Waals surface area contributed by atoms with Crippen molar-refractivity contribution < 1.29 is 13.0 Å². The lowest BCUT2D eigenvalue weighted by Gasteiger charge is -2.28. The molecule has 0 aliphatic carbocycles. The Morgan fingerprint density at radius 1 is 1.00 bits per heavy atom. The molecule has 4 nitrogen and oxygen atoms in total. The highest BCUT2D eigenvalue weighted by Gasteiger charge is 2.36. The van der Waals surface area contributed by atoms with Crippen molar-refractivity contribution >= 4 is 10.0 Å². The van der Waals surface area contributed by atoms with Crippen LogP contribution in [0.25, 0.3) is 0 Å². The van der Waals surface area contributed by atoms with Gasteiger partial charge < -0.3 is 0 Å². The Morgan fingerprint density at radius 3 is 1.95 bits per heavy atom. The van der Waals surface area contributed by atoms with Gasteiger partial charge in [-0.15, -0.1) is 0 Å². The average molecular weight is 285 g/mol. The van der Waals surface area contributed by atoms with Crippen molar-refractivity contribution in [2.24, 2.45) is 0 Å². The van der Waals surface area contributed by atoms with E-state index in [4.69, 9.17) is 0 Å². The van der Waals surface area contributed by atoms with Gasteiger partial charge in [0.2, 0.25) is 0 Å². The SMILES string of the molecule is CC(C)N(C(C)C)S(=O)(=O)c1cccc[n+]1C(C)C. The molecular weight excluding hydrogens is 260 g/mol. The number of nitrogens with zero attached hydrogens (tertiary/aromatic N) is 2. The van der Waals surface area contributed by atoms with Gasteiger partial charge in [-0.25, -0.2) is 8.42 Å². The maximum absolute atomic E-state index is 12.8. The minimum Gasteiger partial charge on any atom is -0.201 e. The van der Waals surface area contributed by atoms with E-state index in [-0.39, 0.29) is 18.1 Å². The van der Waals surface area contributed by atoms with Crippen LogP contribution in [0.1, 0.15) is 47.6 Å². The summed E-state index contributed by atoms with van der Waals surface area (Å²) in [6.45, 7) is 11.6. The predicted molar refractivity (Wildman–Crippen MR) is 76.3 cm³/mol. The van der Waals surface area contributed by atoms with Crippen LogP contribution < -0.4 is 4.57 Å². The molecule has 0 fully saturated rings. The second-order valence-electron chi connectivity index (χ2n) is 5.56. The van der Waals surface area contributed by atoms with Crippen LogP contribution in [-0.4, -0.2) is 24.8 Å². The largest absolute Gasteiger partial charge is 0.312 e. The number of hydrogen-bond acceptors (Lipinski definition) is 2. The Hall–Kier alpha value is -0.940. The van der Waals surface area contributed by atoms with Gasteiger partial charge in [0.25, 0.3) is 0 Å². The molecule has 1 rings (SSSR count). The Morgan fingerprint density at radius 2 is 1.53 bits per heavy atom. The predicted octanol–water partition coefficient (Wildman–Crippen LogP) is 2.36. The molecule has 0 atom stereocenters. The summed E-state index contributed by atoms with van der Waals surface area (Å²) in [4.78, 5) is 0. The van der Waals surface area contributed by atoms with E-state index in [0.717, 1.165) is 0 Å². The van der Waals surface area contributed by atoms with E-state index in [1.54, 1.807) is 21.0 Å². The van der Waals surface area contributed by atoms with E-state index in [2.05, 4.69) is 0 Å². The Bertz CT molecular complexity index is 514. The van der Waals surface area contributed by atoms with E-state index in [0.29, 0.717) is 5.03 Å². The molecular formula is C14H25N2O2S+. The first-order valence-electron chi connectivity index (χ1n) is 6.73. The number of rotatable bonds is 5. The molecule has 0 aliphatic rings. The highest BCUT2D eigenvalue weighted by atomic mass is 32.2. The van der Waals surface area contributed by atoms with Crippen LogP contribution in [-0.2, 0) is 10.0 Å². The lowest BCUT2D eigenvalue weighted by atomic mass is 10.3. The van der Waals surface area contributed by atoms with Gasteiger partial charge in [-0.1, -0.05) is 0 Å². The van der Waals surface area contributed by atoms with E-state index >= 15 is 0 Å². The molecule has 1 heterocycles. The van der Waals surface area contributed by atoms with Crippen molar-refractivity contribution in [1.29, 1.82) is 0 Å². The second-order valence-corrected chi connectivity index (χ2v) is 7.35. The van der Waals surface area contributed by atoms with Crippen molar-refractivity contribution in [3.63, 3.8) is 0 Å². The summed E-state index contributed by atoms with van der Waals surface area (Å²) >= 11 is 0. The number of aromatic nitrogens is 1. The lowest BCUT2D eigenvalue weighted by Crippen LogP contribution is -2.49. The van der Waals surface area contributed by atoms with Crippen LogP contribution in [0, 0.1) is 0 Å². The van der Waals surface area contributed by atoms with E-state index in [9.17, 15) is 8.42 Å². The fourth-order valence-corrected chi connectivity index (χ4v) is 4.46. The average Bonchev–Trinajstić information content (AvgIpc) is 2.27. The molecule has 0 radical (unpaired) electrons. The second kappa shape index (κ2) is 6.01. The van der Waals surface area contributed by atoms with Gasteiger partial charge in [-0.05, 0) is 47.6 Å². The molecule has 108 valence electrons. The van der Waals surface area contributed by atoms with Crippen LogP contribution in [0.2, 0.25) is 0 Å². The van der Waals surface area contributed by atoms with Gasteiger partial charge in [0.1, 0.15) is 0 Å². The van der Waals surface area contributed by atoms with Crippen molar-refractivity contribution in [3.05, 3.63) is 24.4 Å². The first kappa shape index (κ1) is 16.1. The fraction of sp³-hybridized carbons (Fsp3) is 0.643. The molecule has 0 aliphatic heterocycles. The summed E-state index contributed by atoms with van der Waals surface area (Å²) in [6.07, 6.45) is 1.82. The maximum atomic E-state index is 12.8. The first-order valence-corrected chi connectivity index (χ1v) is 8.17. The van der Waals surface area contributed by atoms with Crippen molar-refractivity contribution in [2.45, 2.75) is 64.7 Å². The zero-order valence-electron chi connectivity index (χ0n) is 12.7. The van der Waals surface area contributed by atoms with Crippen molar-refractivity contribution in [2.75, 3.05) is 0 Å². The standard InChI is InChI=1S/C14H25N2O2S/c1-11(2)15-10-8-7-9-14(15)19(17,18)16(12(3)4)13(5)6/h7-13H,1-6H3/q+1. The molecule has 0 amide bonds. The number of pyridine rings is 1. The molecule has 1 aromatic rings. The van der Waals surface area contributed by atoms with Gasteiger partial charge >= 0.3 is 15.0 Å². The minimum absolute atomic E-state index is 0.0641. The zero-order valence-corrected chi connectivity index (χ0v) is 13.5. The quantitative estimate of drug-likeness (QED) is 0.779. The first-order chi connectivity index (χ1) is 8.69. The molecule has 0 bridgehead atoms. The third kappa shape index (κ3) is 3.34. The van der Waals surface area contributed by atoms with Gasteiger partial charge in [0.15, 0.2) is 12.2 Å². The van der Waals surface area contributed by atoms with Crippen molar-refractivity contribution in [1.82, 2.24) is 4.31 Å². The summed E-state index contributed by atoms with van der Waals surface area (Å²) in [6, 6.07) is 5.27. The van der Waals surface area contributed by atoms with Gasteiger partial charge in [0.05, 0.1) is 0 Å². The summed E-state index contributed by atoms with van der Waals surface area (Å²) in [5.74, 6) is 0. The maximum Gasteiger partial charge on any atom is 0.312 e. The van der Waals surface area contributed by atoms with Crippen LogP contribution in [0.3, 0.4) is 0 Å². The molecule has 0 N–H and O–H groups in total. The fourth-order valence-electron chi connectivity index (χ4n) is 2.34. The summed E-state index contributed by atoms with van der Waals surface area (Å²) in [5.41, 5.74) is 0. The Labute approximate surface area is 117 Å². The van der Waals surface area contributed by atoms with E-state index < -0.39 is 10.0 Å².